The number of rotatable bonds is 8. The van der Waals surface area contributed by atoms with Crippen molar-refractivity contribution < 1.29 is 14.9 Å². The molecule has 2 aliphatic rings. The molecule has 5 heteroatoms. The van der Waals surface area contributed by atoms with Crippen LogP contribution < -0.4 is 4.74 Å². The van der Waals surface area contributed by atoms with Crippen molar-refractivity contribution in [3.8, 4) is 5.75 Å². The summed E-state index contributed by atoms with van der Waals surface area (Å²) in [7, 11) is 0. The van der Waals surface area contributed by atoms with Gasteiger partial charge in [0.25, 0.3) is 0 Å². The third-order valence-corrected chi connectivity index (χ3v) is 5.56. The zero-order valence-electron chi connectivity index (χ0n) is 15.3. The van der Waals surface area contributed by atoms with Crippen LogP contribution in [0.15, 0.2) is 24.3 Å². The highest BCUT2D eigenvalue weighted by molar-refractivity contribution is 5.26. The van der Waals surface area contributed by atoms with Crippen molar-refractivity contribution in [2.45, 2.75) is 50.8 Å². The van der Waals surface area contributed by atoms with Crippen molar-refractivity contribution in [1.82, 2.24) is 9.80 Å². The Kier molecular flexibility index (Phi) is 6.70. The van der Waals surface area contributed by atoms with Crippen LogP contribution in [0.25, 0.3) is 0 Å². The van der Waals surface area contributed by atoms with Gasteiger partial charge in [-0.25, -0.2) is 0 Å². The lowest BCUT2D eigenvalue weighted by Gasteiger charge is -2.32. The van der Waals surface area contributed by atoms with Crippen LogP contribution >= 0.6 is 0 Å². The predicted molar refractivity (Wildman–Crippen MR) is 99.0 cm³/mol. The zero-order valence-corrected chi connectivity index (χ0v) is 15.3. The molecule has 3 rings (SSSR count). The van der Waals surface area contributed by atoms with Gasteiger partial charge in [0.15, 0.2) is 0 Å². The van der Waals surface area contributed by atoms with E-state index in [1.165, 1.54) is 24.8 Å². The van der Waals surface area contributed by atoms with Gasteiger partial charge in [0.1, 0.15) is 18.5 Å². The summed E-state index contributed by atoms with van der Waals surface area (Å²) in [6.45, 7) is 6.45. The van der Waals surface area contributed by atoms with Crippen LogP contribution in [0.5, 0.6) is 5.75 Å². The summed E-state index contributed by atoms with van der Waals surface area (Å²) in [5.74, 6) is 0.811. The zero-order chi connectivity index (χ0) is 17.6. The average Bonchev–Trinajstić information content (AvgIpc) is 3.24. The first-order valence-corrected chi connectivity index (χ1v) is 9.62. The molecule has 2 N–H and O–H groups in total. The summed E-state index contributed by atoms with van der Waals surface area (Å²) < 4.78 is 5.72. The van der Waals surface area contributed by atoms with E-state index in [0.29, 0.717) is 25.2 Å². The van der Waals surface area contributed by atoms with E-state index in [4.69, 9.17) is 4.74 Å². The highest BCUT2D eigenvalue weighted by atomic mass is 16.5. The molecule has 3 atom stereocenters. The largest absolute Gasteiger partial charge is 0.491 e. The standard InChI is InChI=1S/C20H32N2O3/c1-16-6-8-20(9-7-16)25-15-19(24)13-22-11-2-4-17(22)12-21-10-3-5-18(21)14-23/h6-9,17-19,23-24H,2-5,10-15H2,1H3. The molecule has 3 unspecified atom stereocenters. The topological polar surface area (TPSA) is 56.2 Å². The number of aryl methyl sites for hydroxylation is 1. The second-order valence-corrected chi connectivity index (χ2v) is 7.54. The van der Waals surface area contributed by atoms with Gasteiger partial charge in [-0.1, -0.05) is 17.7 Å². The van der Waals surface area contributed by atoms with Crippen LogP contribution in [0, 0.1) is 6.92 Å². The summed E-state index contributed by atoms with van der Waals surface area (Å²) in [4.78, 5) is 4.83. The Morgan fingerprint density at radius 1 is 1.08 bits per heavy atom. The number of benzene rings is 1. The average molecular weight is 348 g/mol. The Balaban J connectivity index is 1.44. The molecule has 25 heavy (non-hydrogen) atoms. The Morgan fingerprint density at radius 3 is 2.48 bits per heavy atom. The molecule has 0 saturated carbocycles. The molecule has 2 fully saturated rings. The minimum atomic E-state index is -0.478. The maximum atomic E-state index is 10.4. The van der Waals surface area contributed by atoms with Gasteiger partial charge >= 0.3 is 0 Å². The molecule has 0 aromatic heterocycles. The van der Waals surface area contributed by atoms with Gasteiger partial charge < -0.3 is 14.9 Å². The fraction of sp³-hybridized carbons (Fsp3) is 0.700. The van der Waals surface area contributed by atoms with Crippen LogP contribution in [0.2, 0.25) is 0 Å². The van der Waals surface area contributed by atoms with Crippen molar-refractivity contribution in [3.05, 3.63) is 29.8 Å². The maximum absolute atomic E-state index is 10.4. The number of aliphatic hydroxyl groups excluding tert-OH is 2. The summed E-state index contributed by atoms with van der Waals surface area (Å²) in [6, 6.07) is 8.75. The SMILES string of the molecule is Cc1ccc(OCC(O)CN2CCCC2CN2CCCC2CO)cc1. The van der Waals surface area contributed by atoms with E-state index < -0.39 is 6.10 Å². The van der Waals surface area contributed by atoms with Crippen LogP contribution in [0.3, 0.4) is 0 Å². The van der Waals surface area contributed by atoms with E-state index in [1.54, 1.807) is 0 Å². The molecule has 0 aliphatic carbocycles. The highest BCUT2D eigenvalue weighted by Crippen LogP contribution is 2.23. The van der Waals surface area contributed by atoms with Crippen molar-refractivity contribution in [2.24, 2.45) is 0 Å². The minimum Gasteiger partial charge on any atom is -0.491 e. The maximum Gasteiger partial charge on any atom is 0.119 e. The summed E-state index contributed by atoms with van der Waals surface area (Å²) in [6.07, 6.45) is 4.18. The quantitative estimate of drug-likeness (QED) is 0.748. The van der Waals surface area contributed by atoms with Gasteiger partial charge in [0.2, 0.25) is 0 Å². The highest BCUT2D eigenvalue weighted by Gasteiger charge is 2.32. The number of nitrogens with zero attached hydrogens (tertiary/aromatic N) is 2. The number of hydrogen-bond acceptors (Lipinski definition) is 5. The van der Waals surface area contributed by atoms with E-state index in [2.05, 4.69) is 9.80 Å². The van der Waals surface area contributed by atoms with Crippen molar-refractivity contribution in [3.63, 3.8) is 0 Å². The number of hydrogen-bond donors (Lipinski definition) is 2. The number of β-amino-alcohol motifs (C(OH)–C–C–N with tert-alkyl or cyclic N) is 1. The van der Waals surface area contributed by atoms with Crippen LogP contribution in [0.1, 0.15) is 31.2 Å². The molecule has 0 spiro atoms. The predicted octanol–water partition coefficient (Wildman–Crippen LogP) is 1.66. The second-order valence-electron chi connectivity index (χ2n) is 7.54. The van der Waals surface area contributed by atoms with Crippen LogP contribution in [-0.4, -0.2) is 77.6 Å². The monoisotopic (exact) mass is 348 g/mol. The lowest BCUT2D eigenvalue weighted by molar-refractivity contribution is 0.0530. The van der Waals surface area contributed by atoms with Gasteiger partial charge in [-0.2, -0.15) is 0 Å². The Labute approximate surface area is 151 Å². The van der Waals surface area contributed by atoms with E-state index in [9.17, 15) is 10.2 Å². The fourth-order valence-electron chi connectivity index (χ4n) is 4.11. The molecular formula is C20H32N2O3. The van der Waals surface area contributed by atoms with Crippen LogP contribution in [-0.2, 0) is 0 Å². The molecule has 1 aromatic carbocycles. The molecule has 5 nitrogen and oxygen atoms in total. The van der Waals surface area contributed by atoms with Crippen LogP contribution in [0.4, 0.5) is 0 Å². The molecule has 140 valence electrons. The Bertz CT molecular complexity index is 522. The van der Waals surface area contributed by atoms with Gasteiger partial charge in [0.05, 0.1) is 6.61 Å². The molecule has 0 bridgehead atoms. The van der Waals surface area contributed by atoms with E-state index in [-0.39, 0.29) is 6.61 Å². The van der Waals surface area contributed by atoms with Gasteiger partial charge in [-0.3, -0.25) is 9.80 Å². The lowest BCUT2D eigenvalue weighted by Crippen LogP contribution is -2.46. The molecule has 0 radical (unpaired) electrons. The molecular weight excluding hydrogens is 316 g/mol. The first-order chi connectivity index (χ1) is 12.2. The third-order valence-electron chi connectivity index (χ3n) is 5.56. The molecule has 1 aromatic rings. The number of ether oxygens (including phenoxy) is 1. The van der Waals surface area contributed by atoms with E-state index >= 15 is 0 Å². The van der Waals surface area contributed by atoms with E-state index in [0.717, 1.165) is 31.8 Å². The second kappa shape index (κ2) is 8.99. The smallest absolute Gasteiger partial charge is 0.119 e. The minimum absolute atomic E-state index is 0.264. The van der Waals surface area contributed by atoms with Gasteiger partial charge in [-0.05, 0) is 57.8 Å². The third kappa shape index (κ3) is 5.17. The first-order valence-electron chi connectivity index (χ1n) is 9.62. The molecule has 2 aliphatic heterocycles. The Hall–Kier alpha value is -1.14. The number of likely N-dealkylation sites (tertiary alicyclic amines) is 2. The Morgan fingerprint density at radius 2 is 1.76 bits per heavy atom. The first kappa shape index (κ1) is 18.6. The van der Waals surface area contributed by atoms with Crippen molar-refractivity contribution in [2.75, 3.05) is 39.4 Å². The summed E-state index contributed by atoms with van der Waals surface area (Å²) >= 11 is 0. The van der Waals surface area contributed by atoms with Gasteiger partial charge in [0, 0.05) is 25.2 Å². The fourth-order valence-corrected chi connectivity index (χ4v) is 4.11. The summed E-state index contributed by atoms with van der Waals surface area (Å²) in [5, 5.41) is 19.9. The molecule has 2 saturated heterocycles. The summed E-state index contributed by atoms with van der Waals surface area (Å²) in [5.41, 5.74) is 1.20. The normalized spacial score (nSPS) is 26.2. The lowest BCUT2D eigenvalue weighted by atomic mass is 10.1. The van der Waals surface area contributed by atoms with Gasteiger partial charge in [-0.15, -0.1) is 0 Å². The molecule has 2 heterocycles. The number of aliphatic hydroxyl groups is 2. The van der Waals surface area contributed by atoms with E-state index in [1.807, 2.05) is 31.2 Å². The molecule has 0 amide bonds. The van der Waals surface area contributed by atoms with Crippen molar-refractivity contribution in [1.29, 1.82) is 0 Å². The van der Waals surface area contributed by atoms with Crippen molar-refractivity contribution >= 4 is 0 Å².